The fourth-order valence-electron chi connectivity index (χ4n) is 3.15. The molecule has 2 N–H and O–H groups in total. The number of aliphatic hydroxyl groups is 1. The summed E-state index contributed by atoms with van der Waals surface area (Å²) in [5, 5.41) is 14.1. The molecule has 2 aliphatic rings. The van der Waals surface area contributed by atoms with Gasteiger partial charge in [-0.25, -0.2) is 0 Å². The van der Waals surface area contributed by atoms with E-state index in [9.17, 15) is 5.11 Å². The third-order valence-corrected chi connectivity index (χ3v) is 4.37. The molecule has 1 aromatic carbocycles. The molecule has 2 bridgehead atoms. The maximum atomic E-state index is 10.8. The number of benzene rings is 1. The van der Waals surface area contributed by atoms with Crippen LogP contribution in [0.4, 0.5) is 0 Å². The van der Waals surface area contributed by atoms with Crippen LogP contribution in [0.5, 0.6) is 5.75 Å². The van der Waals surface area contributed by atoms with Crippen molar-refractivity contribution in [1.82, 2.24) is 10.3 Å². The van der Waals surface area contributed by atoms with Gasteiger partial charge in [-0.15, -0.1) is 0 Å². The molecule has 24 heavy (non-hydrogen) atoms. The van der Waals surface area contributed by atoms with E-state index in [0.717, 1.165) is 5.69 Å². The number of hydrogen-bond donors (Lipinski definition) is 2. The summed E-state index contributed by atoms with van der Waals surface area (Å²) >= 11 is 0. The lowest BCUT2D eigenvalue weighted by atomic mass is 9.97. The minimum atomic E-state index is -0.736. The standard InChI is InChI=1S/C18H20N2O4/c21-16-15(20-10-12-6-4-5-9-19-12)14-11-22-18(24-14)17(16)23-13-7-2-1-3-8-13/h1-9,14-18,20-21H,10-11H2. The van der Waals surface area contributed by atoms with Crippen LogP contribution in [0, 0.1) is 0 Å². The van der Waals surface area contributed by atoms with Crippen molar-refractivity contribution in [3.05, 3.63) is 60.4 Å². The topological polar surface area (TPSA) is 72.8 Å². The summed E-state index contributed by atoms with van der Waals surface area (Å²) in [6.45, 7) is 0.988. The number of rotatable bonds is 5. The Balaban J connectivity index is 1.46. The lowest BCUT2D eigenvalue weighted by molar-refractivity contribution is -0.193. The summed E-state index contributed by atoms with van der Waals surface area (Å²) in [5.74, 6) is 0.683. The number of para-hydroxylation sites is 1. The zero-order valence-corrected chi connectivity index (χ0v) is 13.1. The Morgan fingerprint density at radius 2 is 2.00 bits per heavy atom. The van der Waals surface area contributed by atoms with Crippen molar-refractivity contribution < 1.29 is 19.3 Å². The second-order valence-electron chi connectivity index (χ2n) is 5.99. The third kappa shape index (κ3) is 3.14. The highest BCUT2D eigenvalue weighted by molar-refractivity contribution is 5.22. The van der Waals surface area contributed by atoms with Gasteiger partial charge < -0.3 is 24.6 Å². The van der Waals surface area contributed by atoms with E-state index in [1.54, 1.807) is 6.20 Å². The molecule has 6 heteroatoms. The second-order valence-corrected chi connectivity index (χ2v) is 5.99. The van der Waals surface area contributed by atoms with Crippen LogP contribution >= 0.6 is 0 Å². The Bertz CT molecular complexity index is 655. The van der Waals surface area contributed by atoms with Crippen molar-refractivity contribution in [1.29, 1.82) is 0 Å². The molecule has 2 aliphatic heterocycles. The molecule has 5 atom stereocenters. The van der Waals surface area contributed by atoms with Gasteiger partial charge in [0, 0.05) is 12.7 Å². The van der Waals surface area contributed by atoms with Gasteiger partial charge >= 0.3 is 0 Å². The van der Waals surface area contributed by atoms with Crippen LogP contribution in [-0.2, 0) is 16.0 Å². The van der Waals surface area contributed by atoms with Crippen LogP contribution in [0.15, 0.2) is 54.7 Å². The van der Waals surface area contributed by atoms with Gasteiger partial charge in [-0.3, -0.25) is 4.98 Å². The first-order valence-electron chi connectivity index (χ1n) is 8.11. The molecule has 0 aliphatic carbocycles. The minimum absolute atomic E-state index is 0.190. The maximum Gasteiger partial charge on any atom is 0.197 e. The molecule has 4 rings (SSSR count). The van der Waals surface area contributed by atoms with E-state index in [4.69, 9.17) is 14.2 Å². The normalized spacial score (nSPS) is 31.8. The van der Waals surface area contributed by atoms with Gasteiger partial charge in [-0.2, -0.15) is 0 Å². The fourth-order valence-corrected chi connectivity index (χ4v) is 3.15. The van der Waals surface area contributed by atoms with E-state index in [1.165, 1.54) is 0 Å². The molecule has 6 nitrogen and oxygen atoms in total. The Morgan fingerprint density at radius 1 is 1.17 bits per heavy atom. The highest BCUT2D eigenvalue weighted by Crippen LogP contribution is 2.31. The quantitative estimate of drug-likeness (QED) is 0.856. The molecule has 0 spiro atoms. The molecular formula is C18H20N2O4. The van der Waals surface area contributed by atoms with Crippen molar-refractivity contribution in [2.24, 2.45) is 0 Å². The number of nitrogens with one attached hydrogen (secondary N) is 1. The number of fused-ring (bicyclic) bond motifs is 2. The highest BCUT2D eigenvalue weighted by atomic mass is 16.7. The number of ether oxygens (including phenoxy) is 3. The maximum absolute atomic E-state index is 10.8. The minimum Gasteiger partial charge on any atom is -0.482 e. The molecule has 2 aromatic rings. The summed E-state index contributed by atoms with van der Waals surface area (Å²) in [6, 6.07) is 14.9. The Labute approximate surface area is 140 Å². The monoisotopic (exact) mass is 328 g/mol. The van der Waals surface area contributed by atoms with E-state index in [-0.39, 0.29) is 12.1 Å². The largest absolute Gasteiger partial charge is 0.482 e. The average Bonchev–Trinajstić information content (AvgIpc) is 3.06. The zero-order valence-electron chi connectivity index (χ0n) is 13.1. The number of hydrogen-bond acceptors (Lipinski definition) is 6. The number of aliphatic hydroxyl groups excluding tert-OH is 1. The predicted molar refractivity (Wildman–Crippen MR) is 86.3 cm³/mol. The van der Waals surface area contributed by atoms with Crippen LogP contribution in [-0.4, -0.2) is 47.3 Å². The van der Waals surface area contributed by atoms with Gasteiger partial charge in [0.1, 0.15) is 18.0 Å². The molecule has 0 radical (unpaired) electrons. The average molecular weight is 328 g/mol. The van der Waals surface area contributed by atoms with Crippen molar-refractivity contribution in [3.8, 4) is 5.75 Å². The van der Waals surface area contributed by atoms with Crippen LogP contribution in [0.1, 0.15) is 5.69 Å². The highest BCUT2D eigenvalue weighted by Gasteiger charge is 2.51. The van der Waals surface area contributed by atoms with E-state index in [0.29, 0.717) is 18.9 Å². The smallest absolute Gasteiger partial charge is 0.197 e. The lowest BCUT2D eigenvalue weighted by Gasteiger charge is -2.38. The first-order chi connectivity index (χ1) is 11.8. The first kappa shape index (κ1) is 15.5. The fraction of sp³-hybridized carbons (Fsp3) is 0.389. The molecule has 2 saturated heterocycles. The van der Waals surface area contributed by atoms with Crippen molar-refractivity contribution in [2.45, 2.75) is 37.2 Å². The molecule has 1 aromatic heterocycles. The van der Waals surface area contributed by atoms with Gasteiger partial charge in [0.05, 0.1) is 18.3 Å². The van der Waals surface area contributed by atoms with Crippen molar-refractivity contribution in [3.63, 3.8) is 0 Å². The molecular weight excluding hydrogens is 308 g/mol. The van der Waals surface area contributed by atoms with Gasteiger partial charge in [0.25, 0.3) is 0 Å². The van der Waals surface area contributed by atoms with Crippen LogP contribution < -0.4 is 10.1 Å². The lowest BCUT2D eigenvalue weighted by Crippen LogP contribution is -2.61. The summed E-state index contributed by atoms with van der Waals surface area (Å²) in [5.41, 5.74) is 0.909. The number of nitrogens with zero attached hydrogens (tertiary/aromatic N) is 1. The van der Waals surface area contributed by atoms with Crippen LogP contribution in [0.25, 0.3) is 0 Å². The van der Waals surface area contributed by atoms with Crippen molar-refractivity contribution >= 4 is 0 Å². The van der Waals surface area contributed by atoms with Gasteiger partial charge in [0.2, 0.25) is 0 Å². The Morgan fingerprint density at radius 3 is 2.79 bits per heavy atom. The van der Waals surface area contributed by atoms with Crippen molar-refractivity contribution in [2.75, 3.05) is 6.61 Å². The molecule has 2 fully saturated rings. The van der Waals surface area contributed by atoms with E-state index < -0.39 is 18.5 Å². The molecule has 126 valence electrons. The van der Waals surface area contributed by atoms with E-state index in [1.807, 2.05) is 48.5 Å². The van der Waals surface area contributed by atoms with Gasteiger partial charge in [0.15, 0.2) is 12.4 Å². The summed E-state index contributed by atoms with van der Waals surface area (Å²) in [6.07, 6.45) is -0.295. The number of aromatic nitrogens is 1. The predicted octanol–water partition coefficient (Wildman–Crippen LogP) is 1.10. The molecule has 0 saturated carbocycles. The van der Waals surface area contributed by atoms with Gasteiger partial charge in [-0.05, 0) is 24.3 Å². The molecule has 3 heterocycles. The molecule has 5 unspecified atom stereocenters. The van der Waals surface area contributed by atoms with E-state index >= 15 is 0 Å². The summed E-state index contributed by atoms with van der Waals surface area (Å²) in [7, 11) is 0. The second kappa shape index (κ2) is 6.86. The summed E-state index contributed by atoms with van der Waals surface area (Å²) in [4.78, 5) is 4.29. The first-order valence-corrected chi connectivity index (χ1v) is 8.11. The summed E-state index contributed by atoms with van der Waals surface area (Å²) < 4.78 is 17.4. The van der Waals surface area contributed by atoms with Crippen LogP contribution in [0.3, 0.4) is 0 Å². The Kier molecular flexibility index (Phi) is 4.44. The molecule has 0 amide bonds. The van der Waals surface area contributed by atoms with E-state index in [2.05, 4.69) is 10.3 Å². The number of pyridine rings is 1. The third-order valence-electron chi connectivity index (χ3n) is 4.37. The van der Waals surface area contributed by atoms with Gasteiger partial charge in [-0.1, -0.05) is 24.3 Å². The van der Waals surface area contributed by atoms with Crippen LogP contribution in [0.2, 0.25) is 0 Å². The SMILES string of the molecule is OC1C(NCc2ccccn2)C2COC(O2)C1Oc1ccccc1. The zero-order chi connectivity index (χ0) is 16.4. The Hall–Kier alpha value is -1.99.